The number of likely N-dealkylation sites (tertiary alicyclic amines) is 1. The molecule has 1 N–H and O–H groups in total. The minimum Gasteiger partial charge on any atom is -0.497 e. The van der Waals surface area contributed by atoms with E-state index >= 15 is 0 Å². The van der Waals surface area contributed by atoms with Crippen molar-refractivity contribution in [1.82, 2.24) is 4.90 Å². The van der Waals surface area contributed by atoms with Gasteiger partial charge in [0.2, 0.25) is 0 Å². The summed E-state index contributed by atoms with van der Waals surface area (Å²) in [5, 5.41) is 13.5. The van der Waals surface area contributed by atoms with Crippen molar-refractivity contribution in [2.24, 2.45) is 34.5 Å². The van der Waals surface area contributed by atoms with Crippen LogP contribution in [0.3, 0.4) is 0 Å². The van der Waals surface area contributed by atoms with E-state index in [1.807, 2.05) is 0 Å². The molecule has 1 spiro atoms. The molecule has 5 saturated carbocycles. The predicted molar refractivity (Wildman–Crippen MR) is 175 cm³/mol. The van der Waals surface area contributed by atoms with E-state index in [0.717, 1.165) is 0 Å². The van der Waals surface area contributed by atoms with E-state index in [0.29, 0.717) is 30.8 Å². The average molecular weight is 702 g/mol. The number of ether oxygens (including phenoxy) is 8. The van der Waals surface area contributed by atoms with Gasteiger partial charge in [-0.1, -0.05) is 6.92 Å². The highest BCUT2D eigenvalue weighted by atomic mass is 16.6. The largest absolute Gasteiger partial charge is 0.497 e. The molecule has 1 aliphatic heterocycles. The third kappa shape index (κ3) is 4.43. The van der Waals surface area contributed by atoms with Gasteiger partial charge in [-0.3, -0.25) is 14.5 Å². The van der Waals surface area contributed by atoms with E-state index in [1.165, 1.54) is 21.0 Å². The number of piperidine rings is 1. The molecule has 1 aromatic rings. The lowest BCUT2D eigenvalue weighted by molar-refractivity contribution is -0.300. The molecule has 1 unspecified atom stereocenters. The molecular formula is C37H51NO12. The van der Waals surface area contributed by atoms with Gasteiger partial charge in [0.15, 0.2) is 11.7 Å². The van der Waals surface area contributed by atoms with Crippen LogP contribution >= 0.6 is 0 Å². The lowest BCUT2D eigenvalue weighted by Gasteiger charge is -2.70. The Morgan fingerprint density at radius 2 is 1.58 bits per heavy atom. The van der Waals surface area contributed by atoms with Gasteiger partial charge >= 0.3 is 17.9 Å². The Kier molecular flexibility index (Phi) is 8.83. The molecule has 0 radical (unpaired) electrons. The zero-order valence-corrected chi connectivity index (χ0v) is 30.2. The summed E-state index contributed by atoms with van der Waals surface area (Å²) in [5.41, 5.74) is -4.02. The highest BCUT2D eigenvalue weighted by molar-refractivity contribution is 5.89. The number of fused-ring (bicyclic) bond motifs is 2. The van der Waals surface area contributed by atoms with E-state index in [-0.39, 0.29) is 37.3 Å². The molecule has 7 rings (SSSR count). The number of methoxy groups -OCH3 is 5. The molecule has 6 aliphatic rings. The SMILES string of the molecule is CCN1C[C@]2(COC)C(OC(C)=O)C[C@H](OC)[C@@]34[C@@H]5C[C@@]6(OC(C)=O)[C@@H](OC)C[C@@](O)([C@H]5[C@H]6OC(=O)c5ccc(OC)cc5)[C@@H]([C@H](OC)[C@H]23)[C@@H]14. The lowest BCUT2D eigenvalue weighted by atomic mass is 9.42. The fourth-order valence-corrected chi connectivity index (χ4v) is 12.7. The quantitative estimate of drug-likeness (QED) is 0.266. The number of carbonyl (C=O) groups excluding carboxylic acids is 3. The Balaban J connectivity index is 1.47. The normalized spacial score (nSPS) is 45.1. The summed E-state index contributed by atoms with van der Waals surface area (Å²) in [6.45, 7) is 6.35. The fraction of sp³-hybridized carbons (Fsp3) is 0.757. The second-order valence-corrected chi connectivity index (χ2v) is 15.3. The molecular weight excluding hydrogens is 650 g/mol. The van der Waals surface area contributed by atoms with Crippen LogP contribution in [0, 0.1) is 34.5 Å². The second kappa shape index (κ2) is 12.4. The number of benzene rings is 1. The van der Waals surface area contributed by atoms with Crippen molar-refractivity contribution in [3.8, 4) is 5.75 Å². The van der Waals surface area contributed by atoms with Crippen LogP contribution < -0.4 is 4.74 Å². The predicted octanol–water partition coefficient (Wildman–Crippen LogP) is 2.26. The molecule has 1 heterocycles. The van der Waals surface area contributed by atoms with E-state index in [9.17, 15) is 19.5 Å². The summed E-state index contributed by atoms with van der Waals surface area (Å²) >= 11 is 0. The van der Waals surface area contributed by atoms with Crippen molar-refractivity contribution in [2.75, 3.05) is 55.2 Å². The zero-order chi connectivity index (χ0) is 36.0. The van der Waals surface area contributed by atoms with E-state index in [1.54, 1.807) is 52.7 Å². The van der Waals surface area contributed by atoms with Crippen LogP contribution in [-0.4, -0.2) is 131 Å². The summed E-state index contributed by atoms with van der Waals surface area (Å²) in [6.07, 6.45) is -2.57. The number of esters is 3. The van der Waals surface area contributed by atoms with Crippen LogP contribution in [0.15, 0.2) is 24.3 Å². The summed E-state index contributed by atoms with van der Waals surface area (Å²) in [4.78, 5) is 42.2. The number of aliphatic hydroxyl groups is 1. The first-order chi connectivity index (χ1) is 23.9. The summed E-state index contributed by atoms with van der Waals surface area (Å²) in [7, 11) is 8.09. The van der Waals surface area contributed by atoms with E-state index in [4.69, 9.17) is 37.9 Å². The second-order valence-electron chi connectivity index (χ2n) is 15.3. The van der Waals surface area contributed by atoms with Crippen molar-refractivity contribution < 1.29 is 57.4 Å². The lowest BCUT2D eigenvalue weighted by Crippen LogP contribution is -2.79. The van der Waals surface area contributed by atoms with Crippen LogP contribution in [0.1, 0.15) is 50.4 Å². The minimum atomic E-state index is -1.48. The van der Waals surface area contributed by atoms with Crippen LogP contribution in [0.5, 0.6) is 5.75 Å². The summed E-state index contributed by atoms with van der Waals surface area (Å²) < 4.78 is 49.5. The molecule has 14 atom stereocenters. The molecule has 5 aliphatic carbocycles. The molecule has 0 amide bonds. The highest BCUT2D eigenvalue weighted by Gasteiger charge is 2.90. The van der Waals surface area contributed by atoms with Gasteiger partial charge in [-0.05, 0) is 43.1 Å². The Morgan fingerprint density at radius 1 is 0.880 bits per heavy atom. The van der Waals surface area contributed by atoms with Gasteiger partial charge in [0, 0.05) is 96.3 Å². The first kappa shape index (κ1) is 35.6. The topological polar surface area (TPSA) is 149 Å². The van der Waals surface area contributed by atoms with Gasteiger partial charge in [-0.2, -0.15) is 0 Å². The summed E-state index contributed by atoms with van der Waals surface area (Å²) in [6, 6.07) is 6.38. The van der Waals surface area contributed by atoms with Crippen molar-refractivity contribution >= 4 is 17.9 Å². The third-order valence-corrected chi connectivity index (χ3v) is 13.7. The van der Waals surface area contributed by atoms with E-state index < -0.39 is 82.3 Å². The van der Waals surface area contributed by atoms with E-state index in [2.05, 4.69) is 11.8 Å². The third-order valence-electron chi connectivity index (χ3n) is 13.7. The maximum Gasteiger partial charge on any atom is 0.338 e. The Bertz CT molecular complexity index is 1510. The maximum atomic E-state index is 14.0. The highest BCUT2D eigenvalue weighted by Crippen LogP contribution is 2.80. The molecule has 276 valence electrons. The maximum absolute atomic E-state index is 14.0. The Morgan fingerprint density at radius 3 is 2.14 bits per heavy atom. The number of hydrogen-bond donors (Lipinski definition) is 1. The molecule has 13 nitrogen and oxygen atoms in total. The number of carbonyl (C=O) groups is 3. The minimum absolute atomic E-state index is 0.137. The molecule has 6 fully saturated rings. The van der Waals surface area contributed by atoms with Crippen LogP contribution in [0.2, 0.25) is 0 Å². The van der Waals surface area contributed by atoms with Gasteiger partial charge in [-0.15, -0.1) is 0 Å². The van der Waals surface area contributed by atoms with Crippen molar-refractivity contribution in [1.29, 1.82) is 0 Å². The van der Waals surface area contributed by atoms with Gasteiger partial charge in [0.1, 0.15) is 18.0 Å². The molecule has 13 heteroatoms. The molecule has 7 bridgehead atoms. The van der Waals surface area contributed by atoms with Gasteiger partial charge < -0.3 is 43.0 Å². The molecule has 0 aromatic heterocycles. The number of hydrogen-bond acceptors (Lipinski definition) is 13. The summed E-state index contributed by atoms with van der Waals surface area (Å²) in [5.74, 6) is -2.80. The first-order valence-electron chi connectivity index (χ1n) is 17.6. The number of rotatable bonds is 11. The van der Waals surface area contributed by atoms with Gasteiger partial charge in [0.05, 0.1) is 37.1 Å². The Hall–Kier alpha value is -2.81. The van der Waals surface area contributed by atoms with Crippen LogP contribution in [0.4, 0.5) is 0 Å². The average Bonchev–Trinajstić information content (AvgIpc) is 3.48. The zero-order valence-electron chi connectivity index (χ0n) is 30.2. The van der Waals surface area contributed by atoms with Crippen molar-refractivity contribution in [3.05, 3.63) is 29.8 Å². The fourth-order valence-electron chi connectivity index (χ4n) is 12.7. The van der Waals surface area contributed by atoms with Gasteiger partial charge in [0.25, 0.3) is 0 Å². The monoisotopic (exact) mass is 701 g/mol. The standard InChI is InChI=1S/C37H51NO12/c1-9-38-17-34(18-43-4)24(48-19(2)39)14-25(45-6)37-23-15-36(50-20(3)40)26(46-7)16-35(42,28(31(37)38)29(47-8)30(34)37)27(23)32(36)49-33(41)21-10-12-22(44-5)13-11-21/h10-13,23-32,42H,9,14-18H2,1-8H3/t23-,24?,25+,26+,27-,28+,29+,30-,31-,32-,34+,35-,36-,37+/m1/s1. The first-order valence-corrected chi connectivity index (χ1v) is 17.6. The van der Waals surface area contributed by atoms with Crippen molar-refractivity contribution in [2.45, 2.75) is 87.8 Å². The smallest absolute Gasteiger partial charge is 0.338 e. The van der Waals surface area contributed by atoms with Gasteiger partial charge in [-0.25, -0.2) is 4.79 Å². The number of nitrogens with zero attached hydrogens (tertiary/aromatic N) is 1. The molecule has 50 heavy (non-hydrogen) atoms. The Labute approximate surface area is 293 Å². The molecule has 1 saturated heterocycles. The van der Waals surface area contributed by atoms with Crippen LogP contribution in [0.25, 0.3) is 0 Å². The van der Waals surface area contributed by atoms with Crippen LogP contribution in [-0.2, 0) is 42.7 Å². The molecule has 1 aromatic carbocycles. The van der Waals surface area contributed by atoms with Crippen molar-refractivity contribution in [3.63, 3.8) is 0 Å².